The van der Waals surface area contributed by atoms with E-state index in [1.165, 1.54) is 11.1 Å². The van der Waals surface area contributed by atoms with Crippen molar-refractivity contribution in [2.45, 2.75) is 13.1 Å². The fourth-order valence-corrected chi connectivity index (χ4v) is 2.99. The van der Waals surface area contributed by atoms with Crippen molar-refractivity contribution < 1.29 is 0 Å². The topological polar surface area (TPSA) is 54.1 Å². The van der Waals surface area contributed by atoms with E-state index < -0.39 is 0 Å². The second-order valence-corrected chi connectivity index (χ2v) is 6.17. The van der Waals surface area contributed by atoms with Crippen LogP contribution in [0, 0.1) is 22.7 Å². The molecule has 1 saturated heterocycles. The third kappa shape index (κ3) is 4.20. The summed E-state index contributed by atoms with van der Waals surface area (Å²) in [6, 6.07) is 20.0. The van der Waals surface area contributed by atoms with Crippen molar-refractivity contribution in [3.05, 3.63) is 70.8 Å². The van der Waals surface area contributed by atoms with Gasteiger partial charge in [0.1, 0.15) is 0 Å². The highest BCUT2D eigenvalue weighted by Gasteiger charge is 2.17. The molecule has 1 aliphatic heterocycles. The Hall–Kier alpha value is -2.66. The van der Waals surface area contributed by atoms with Gasteiger partial charge in [0.15, 0.2) is 0 Å². The first kappa shape index (κ1) is 16.2. The zero-order valence-corrected chi connectivity index (χ0v) is 13.7. The zero-order chi connectivity index (χ0) is 16.8. The summed E-state index contributed by atoms with van der Waals surface area (Å²) in [4.78, 5) is 4.91. The van der Waals surface area contributed by atoms with Crippen molar-refractivity contribution in [2.24, 2.45) is 0 Å². The van der Waals surface area contributed by atoms with Crippen LogP contribution in [0.25, 0.3) is 0 Å². The molecule has 1 aliphatic rings. The average molecular weight is 316 g/mol. The number of nitrogens with zero attached hydrogens (tertiary/aromatic N) is 4. The maximum absolute atomic E-state index is 8.85. The van der Waals surface area contributed by atoms with E-state index in [0.717, 1.165) is 39.3 Å². The molecule has 0 spiro atoms. The normalized spacial score (nSPS) is 15.6. The fourth-order valence-electron chi connectivity index (χ4n) is 2.99. The van der Waals surface area contributed by atoms with Crippen LogP contribution in [-0.4, -0.2) is 36.0 Å². The van der Waals surface area contributed by atoms with Crippen molar-refractivity contribution in [3.63, 3.8) is 0 Å². The van der Waals surface area contributed by atoms with Crippen LogP contribution >= 0.6 is 0 Å². The monoisotopic (exact) mass is 316 g/mol. The molecule has 2 aromatic rings. The van der Waals surface area contributed by atoms with Crippen LogP contribution in [-0.2, 0) is 13.1 Å². The summed E-state index contributed by atoms with van der Waals surface area (Å²) in [5.74, 6) is 0. The first-order valence-corrected chi connectivity index (χ1v) is 8.19. The van der Waals surface area contributed by atoms with Gasteiger partial charge >= 0.3 is 0 Å². The molecule has 0 radical (unpaired) electrons. The summed E-state index contributed by atoms with van der Waals surface area (Å²) < 4.78 is 0. The van der Waals surface area contributed by atoms with Gasteiger partial charge in [-0.15, -0.1) is 0 Å². The smallest absolute Gasteiger partial charge is 0.0991 e. The van der Waals surface area contributed by atoms with Crippen LogP contribution in [0.2, 0.25) is 0 Å². The predicted molar refractivity (Wildman–Crippen MR) is 92.9 cm³/mol. The molecule has 4 heteroatoms. The Labute approximate surface area is 143 Å². The van der Waals surface area contributed by atoms with Crippen molar-refractivity contribution in [3.8, 4) is 12.1 Å². The maximum Gasteiger partial charge on any atom is 0.0991 e. The van der Waals surface area contributed by atoms with Crippen LogP contribution in [0.3, 0.4) is 0 Å². The van der Waals surface area contributed by atoms with E-state index >= 15 is 0 Å². The lowest BCUT2D eigenvalue weighted by atomic mass is 10.1. The molecule has 24 heavy (non-hydrogen) atoms. The van der Waals surface area contributed by atoms with Crippen LogP contribution < -0.4 is 0 Å². The van der Waals surface area contributed by atoms with Crippen molar-refractivity contribution >= 4 is 0 Å². The van der Waals surface area contributed by atoms with E-state index in [4.69, 9.17) is 10.5 Å². The van der Waals surface area contributed by atoms with Gasteiger partial charge in [0.2, 0.25) is 0 Å². The Kier molecular flexibility index (Phi) is 5.23. The first-order valence-electron chi connectivity index (χ1n) is 8.19. The third-order valence-corrected chi connectivity index (χ3v) is 4.44. The summed E-state index contributed by atoms with van der Waals surface area (Å²) in [6.07, 6.45) is 0. The van der Waals surface area contributed by atoms with Gasteiger partial charge < -0.3 is 0 Å². The van der Waals surface area contributed by atoms with E-state index in [1.807, 2.05) is 48.5 Å². The zero-order valence-electron chi connectivity index (χ0n) is 13.7. The lowest BCUT2D eigenvalue weighted by molar-refractivity contribution is 0.122. The maximum atomic E-state index is 8.85. The second kappa shape index (κ2) is 7.75. The van der Waals surface area contributed by atoms with Gasteiger partial charge in [0.25, 0.3) is 0 Å². The van der Waals surface area contributed by atoms with Crippen LogP contribution in [0.1, 0.15) is 22.3 Å². The number of hydrogen-bond acceptors (Lipinski definition) is 4. The van der Waals surface area contributed by atoms with Gasteiger partial charge in [-0.1, -0.05) is 24.3 Å². The van der Waals surface area contributed by atoms with Crippen LogP contribution in [0.5, 0.6) is 0 Å². The van der Waals surface area contributed by atoms with Gasteiger partial charge in [-0.2, -0.15) is 10.5 Å². The number of benzene rings is 2. The average Bonchev–Trinajstić information content (AvgIpc) is 2.65. The minimum absolute atomic E-state index is 0.714. The molecule has 3 rings (SSSR count). The molecular formula is C20H20N4. The largest absolute Gasteiger partial charge is 0.297 e. The molecule has 0 unspecified atom stereocenters. The molecule has 1 fully saturated rings. The van der Waals surface area contributed by atoms with Gasteiger partial charge in [-0.05, 0) is 35.4 Å². The summed E-state index contributed by atoms with van der Waals surface area (Å²) in [7, 11) is 0. The summed E-state index contributed by atoms with van der Waals surface area (Å²) in [5, 5.41) is 17.7. The van der Waals surface area contributed by atoms with Gasteiger partial charge in [-0.3, -0.25) is 9.80 Å². The molecule has 4 nitrogen and oxygen atoms in total. The highest BCUT2D eigenvalue weighted by molar-refractivity contribution is 5.32. The Morgan fingerprint density at radius 1 is 0.625 bits per heavy atom. The van der Waals surface area contributed by atoms with E-state index in [1.54, 1.807) is 0 Å². The number of rotatable bonds is 4. The Bertz CT molecular complexity index is 675. The highest BCUT2D eigenvalue weighted by Crippen LogP contribution is 2.13. The number of hydrogen-bond donors (Lipinski definition) is 0. The van der Waals surface area contributed by atoms with E-state index in [-0.39, 0.29) is 0 Å². The first-order chi connectivity index (χ1) is 11.8. The quantitative estimate of drug-likeness (QED) is 0.870. The van der Waals surface area contributed by atoms with E-state index in [2.05, 4.69) is 21.9 Å². The Morgan fingerprint density at radius 3 is 1.25 bits per heavy atom. The number of piperazine rings is 1. The summed E-state index contributed by atoms with van der Waals surface area (Å²) in [5.41, 5.74) is 3.95. The van der Waals surface area contributed by atoms with Gasteiger partial charge in [0, 0.05) is 39.3 Å². The van der Waals surface area contributed by atoms with Crippen LogP contribution in [0.15, 0.2) is 48.5 Å². The molecular weight excluding hydrogens is 296 g/mol. The molecule has 120 valence electrons. The van der Waals surface area contributed by atoms with E-state index in [0.29, 0.717) is 11.1 Å². The SMILES string of the molecule is N#Cc1ccc(CN2CCN(Cc3ccc(C#N)cc3)CC2)cc1. The molecule has 0 aliphatic carbocycles. The molecule has 1 heterocycles. The summed E-state index contributed by atoms with van der Waals surface area (Å²) in [6.45, 7) is 6.09. The van der Waals surface area contributed by atoms with Crippen molar-refractivity contribution in [2.75, 3.05) is 26.2 Å². The lowest BCUT2D eigenvalue weighted by Gasteiger charge is -2.34. The number of nitriles is 2. The minimum atomic E-state index is 0.714. The Morgan fingerprint density at radius 2 is 0.958 bits per heavy atom. The third-order valence-electron chi connectivity index (χ3n) is 4.44. The Balaban J connectivity index is 1.48. The highest BCUT2D eigenvalue weighted by atomic mass is 15.3. The summed E-state index contributed by atoms with van der Waals surface area (Å²) >= 11 is 0. The van der Waals surface area contributed by atoms with Crippen LogP contribution in [0.4, 0.5) is 0 Å². The molecule has 0 atom stereocenters. The fraction of sp³-hybridized carbons (Fsp3) is 0.300. The molecule has 0 aromatic heterocycles. The molecule has 2 aromatic carbocycles. The molecule has 0 amide bonds. The van der Waals surface area contributed by atoms with Crippen molar-refractivity contribution in [1.29, 1.82) is 10.5 Å². The second-order valence-electron chi connectivity index (χ2n) is 6.17. The standard InChI is InChI=1S/C20H20N4/c21-13-17-1-5-19(6-2-17)15-23-9-11-24(12-10-23)16-20-7-3-18(14-22)4-8-20/h1-8H,9-12,15-16H2. The van der Waals surface area contributed by atoms with Gasteiger partial charge in [-0.25, -0.2) is 0 Å². The molecule has 0 bridgehead atoms. The molecule has 0 N–H and O–H groups in total. The lowest BCUT2D eigenvalue weighted by Crippen LogP contribution is -2.45. The van der Waals surface area contributed by atoms with E-state index in [9.17, 15) is 0 Å². The van der Waals surface area contributed by atoms with Gasteiger partial charge in [0.05, 0.1) is 23.3 Å². The molecule has 0 saturated carbocycles. The minimum Gasteiger partial charge on any atom is -0.297 e. The van der Waals surface area contributed by atoms with Crippen molar-refractivity contribution in [1.82, 2.24) is 9.80 Å². The predicted octanol–water partition coefficient (Wildman–Crippen LogP) is 2.75.